The Morgan fingerprint density at radius 1 is 1.07 bits per heavy atom. The number of nitrogens with zero attached hydrogens (tertiary/aromatic N) is 5. The van der Waals surface area contributed by atoms with E-state index in [2.05, 4.69) is 53.6 Å². The maximum Gasteiger partial charge on any atom is 0.387 e. The molecule has 8 nitrogen and oxygen atoms in total. The van der Waals surface area contributed by atoms with E-state index in [4.69, 9.17) is 9.41 Å². The van der Waals surface area contributed by atoms with Gasteiger partial charge in [-0.2, -0.15) is 8.78 Å². The van der Waals surface area contributed by atoms with Crippen LogP contribution < -0.4 is 4.74 Å². The van der Waals surface area contributed by atoms with E-state index in [0.29, 0.717) is 46.9 Å². The summed E-state index contributed by atoms with van der Waals surface area (Å²) in [6.45, 7) is 11.2. The number of rotatable bonds is 8. The maximum absolute atomic E-state index is 14.7. The Morgan fingerprint density at radius 2 is 1.74 bits per heavy atom. The summed E-state index contributed by atoms with van der Waals surface area (Å²) in [5.41, 5.74) is 0.582. The fourth-order valence-electron chi connectivity index (χ4n) is 5.31. The van der Waals surface area contributed by atoms with Gasteiger partial charge >= 0.3 is 6.61 Å². The van der Waals surface area contributed by atoms with Crippen molar-refractivity contribution in [2.75, 3.05) is 0 Å². The summed E-state index contributed by atoms with van der Waals surface area (Å²) >= 11 is 0. The Balaban J connectivity index is 1.48. The topological polar surface area (TPSA) is 95.2 Å². The number of fused-ring (bicyclic) bond motifs is 1. The van der Waals surface area contributed by atoms with Crippen molar-refractivity contribution in [3.05, 3.63) is 65.8 Å². The first kappa shape index (κ1) is 30.1. The average Bonchev–Trinajstić information content (AvgIpc) is 3.17. The van der Waals surface area contributed by atoms with Crippen molar-refractivity contribution < 1.29 is 27.4 Å². The Bertz CT molecular complexity index is 1610. The van der Waals surface area contributed by atoms with Crippen LogP contribution in [0.15, 0.2) is 42.7 Å². The summed E-state index contributed by atoms with van der Waals surface area (Å²) in [7, 11) is -2.21. The Kier molecular flexibility index (Phi) is 7.47. The number of aromatic nitrogens is 5. The molecule has 0 amide bonds. The predicted molar refractivity (Wildman–Crippen MR) is 155 cm³/mol. The number of imidazole rings is 1. The Morgan fingerprint density at radius 3 is 2.33 bits per heavy atom. The summed E-state index contributed by atoms with van der Waals surface area (Å²) in [6, 6.07) is 7.41. The number of halogens is 3. The number of pyridine rings is 1. The molecule has 5 rings (SSSR count). The molecular weight excluding hydrogens is 563 g/mol. The van der Waals surface area contributed by atoms with Crippen molar-refractivity contribution in [3.8, 4) is 17.0 Å². The number of hydrogen-bond donors (Lipinski definition) is 1. The Labute approximate surface area is 244 Å². The van der Waals surface area contributed by atoms with Gasteiger partial charge in [-0.15, -0.1) is 0 Å². The highest BCUT2D eigenvalue weighted by Crippen LogP contribution is 2.54. The highest BCUT2D eigenvalue weighted by atomic mass is 28.4. The molecule has 0 radical (unpaired) electrons. The van der Waals surface area contributed by atoms with Gasteiger partial charge < -0.3 is 18.8 Å². The minimum atomic E-state index is -3.09. The molecule has 0 atom stereocenters. The largest absolute Gasteiger partial charge is 0.434 e. The lowest BCUT2D eigenvalue weighted by Crippen LogP contribution is -2.60. The molecule has 0 spiro atoms. The molecule has 3 aromatic heterocycles. The first-order chi connectivity index (χ1) is 19.5. The average molecular weight is 600 g/mol. The van der Waals surface area contributed by atoms with Gasteiger partial charge in [0.05, 0.1) is 17.8 Å². The molecular formula is C30H36F3N5O3Si. The second-order valence-electron chi connectivity index (χ2n) is 12.9. The van der Waals surface area contributed by atoms with Crippen LogP contribution >= 0.6 is 0 Å². The quantitative estimate of drug-likeness (QED) is 0.224. The molecule has 4 aromatic rings. The second kappa shape index (κ2) is 10.4. The van der Waals surface area contributed by atoms with E-state index in [9.17, 15) is 18.3 Å². The highest BCUT2D eigenvalue weighted by molar-refractivity contribution is 6.74. The third-order valence-electron chi connectivity index (χ3n) is 8.34. The van der Waals surface area contributed by atoms with Gasteiger partial charge in [-0.05, 0) is 56.2 Å². The summed E-state index contributed by atoms with van der Waals surface area (Å²) < 4.78 is 53.7. The standard InChI is InChI=1S/C30H36F3N5O3Si/c1-18-36-23-12-11-22(37-25(23)38(18)15-20-21(31)9-8-10-24(20)40-27(32)33)19-13-34-26(35-14-19)30(16-29(5,39)17-30)41-42(6,7)28(2,3)4/h8-14,27,39H,15-17H2,1-7H3. The van der Waals surface area contributed by atoms with Crippen LogP contribution in [0, 0.1) is 12.7 Å². The zero-order chi connectivity index (χ0) is 30.7. The maximum atomic E-state index is 14.7. The molecule has 0 unspecified atom stereocenters. The molecule has 1 aliphatic rings. The van der Waals surface area contributed by atoms with Gasteiger partial charge in [0.25, 0.3) is 0 Å². The van der Waals surface area contributed by atoms with Crippen molar-refractivity contribution in [1.82, 2.24) is 24.5 Å². The van der Waals surface area contributed by atoms with Crippen LogP contribution in [0.3, 0.4) is 0 Å². The molecule has 1 aliphatic carbocycles. The molecule has 1 aromatic carbocycles. The number of ether oxygens (including phenoxy) is 1. The molecule has 1 fully saturated rings. The van der Waals surface area contributed by atoms with Gasteiger partial charge in [-0.1, -0.05) is 26.8 Å². The third kappa shape index (κ3) is 5.67. The molecule has 1 N–H and O–H groups in total. The molecule has 0 bridgehead atoms. The van der Waals surface area contributed by atoms with Crippen LogP contribution in [-0.2, 0) is 16.6 Å². The number of hydrogen-bond acceptors (Lipinski definition) is 7. The van der Waals surface area contributed by atoms with E-state index in [1.165, 1.54) is 18.2 Å². The van der Waals surface area contributed by atoms with Gasteiger partial charge in [-0.25, -0.2) is 24.3 Å². The zero-order valence-corrected chi connectivity index (χ0v) is 25.9. The van der Waals surface area contributed by atoms with Crippen LogP contribution in [0.4, 0.5) is 13.2 Å². The predicted octanol–water partition coefficient (Wildman–Crippen LogP) is 6.75. The van der Waals surface area contributed by atoms with Crippen LogP contribution in [0.5, 0.6) is 5.75 Å². The summed E-state index contributed by atoms with van der Waals surface area (Å²) in [6.07, 6.45) is 4.17. The van der Waals surface area contributed by atoms with Gasteiger partial charge in [0.2, 0.25) is 0 Å². The lowest BCUT2D eigenvalue weighted by Gasteiger charge is -2.55. The first-order valence-electron chi connectivity index (χ1n) is 13.8. The van der Waals surface area contributed by atoms with Gasteiger partial charge in [0, 0.05) is 36.4 Å². The normalized spacial score (nSPS) is 21.1. The van der Waals surface area contributed by atoms with Crippen molar-refractivity contribution in [2.45, 2.75) is 90.0 Å². The van der Waals surface area contributed by atoms with E-state index in [1.54, 1.807) is 42.9 Å². The van der Waals surface area contributed by atoms with Crippen molar-refractivity contribution >= 4 is 19.5 Å². The molecule has 42 heavy (non-hydrogen) atoms. The third-order valence-corrected chi connectivity index (χ3v) is 12.8. The SMILES string of the molecule is Cc1nc2ccc(-c3cnc(C4(O[Si](C)(C)C(C)(C)C)CC(C)(O)C4)nc3)nc2n1Cc1c(F)cccc1OC(F)F. The molecule has 12 heteroatoms. The van der Waals surface area contributed by atoms with Crippen LogP contribution in [0.25, 0.3) is 22.4 Å². The van der Waals surface area contributed by atoms with Crippen molar-refractivity contribution in [2.24, 2.45) is 0 Å². The fraction of sp³-hybridized carbons (Fsp3) is 0.467. The van der Waals surface area contributed by atoms with E-state index >= 15 is 0 Å². The van der Waals surface area contributed by atoms with E-state index in [-0.39, 0.29) is 22.9 Å². The summed E-state index contributed by atoms with van der Waals surface area (Å²) in [4.78, 5) is 18.7. The number of alkyl halides is 2. The van der Waals surface area contributed by atoms with Crippen molar-refractivity contribution in [3.63, 3.8) is 0 Å². The lowest BCUT2D eigenvalue weighted by molar-refractivity contribution is -0.171. The molecule has 0 aliphatic heterocycles. The zero-order valence-electron chi connectivity index (χ0n) is 24.9. The van der Waals surface area contributed by atoms with Crippen LogP contribution in [0.1, 0.15) is 57.7 Å². The summed E-state index contributed by atoms with van der Waals surface area (Å²) in [5.74, 6) is 0.151. The fourth-order valence-corrected chi connectivity index (χ4v) is 6.83. The van der Waals surface area contributed by atoms with Gasteiger partial charge in [0.15, 0.2) is 19.8 Å². The number of benzene rings is 1. The minimum absolute atomic E-state index is 0.0245. The number of aliphatic hydroxyl groups is 1. The van der Waals surface area contributed by atoms with Crippen molar-refractivity contribution in [1.29, 1.82) is 0 Å². The second-order valence-corrected chi connectivity index (χ2v) is 17.6. The van der Waals surface area contributed by atoms with Crippen LogP contribution in [0.2, 0.25) is 18.1 Å². The smallest absolute Gasteiger partial charge is 0.387 e. The number of aryl methyl sites for hydroxylation is 1. The van der Waals surface area contributed by atoms with Gasteiger partial charge in [0.1, 0.15) is 28.5 Å². The molecule has 3 heterocycles. The van der Waals surface area contributed by atoms with Gasteiger partial charge in [-0.3, -0.25) is 0 Å². The van der Waals surface area contributed by atoms with E-state index in [0.717, 1.165) is 0 Å². The lowest BCUT2D eigenvalue weighted by atomic mass is 9.68. The van der Waals surface area contributed by atoms with E-state index in [1.807, 2.05) is 0 Å². The Hall–Kier alpha value is -3.35. The molecule has 0 saturated heterocycles. The summed E-state index contributed by atoms with van der Waals surface area (Å²) in [5, 5.41) is 10.6. The highest BCUT2D eigenvalue weighted by Gasteiger charge is 2.58. The molecule has 224 valence electrons. The van der Waals surface area contributed by atoms with Crippen LogP contribution in [-0.4, -0.2) is 50.1 Å². The monoisotopic (exact) mass is 599 g/mol. The van der Waals surface area contributed by atoms with E-state index < -0.39 is 31.9 Å². The first-order valence-corrected chi connectivity index (χ1v) is 16.7. The molecule has 1 saturated carbocycles. The minimum Gasteiger partial charge on any atom is -0.434 e.